The highest BCUT2D eigenvalue weighted by molar-refractivity contribution is 5.95. The second-order valence-electron chi connectivity index (χ2n) is 7.01. The molecule has 0 spiro atoms. The van der Waals surface area contributed by atoms with E-state index < -0.39 is 0 Å². The van der Waals surface area contributed by atoms with E-state index in [0.29, 0.717) is 36.7 Å². The monoisotopic (exact) mass is 358 g/mol. The lowest BCUT2D eigenvalue weighted by molar-refractivity contribution is -0.0229. The number of halogens is 1. The molecule has 2 aliphatic heterocycles. The van der Waals surface area contributed by atoms with Gasteiger partial charge in [0, 0.05) is 19.0 Å². The molecular weight excluding hydrogens is 335 g/mol. The first kappa shape index (κ1) is 17.2. The number of carbonyl (C=O) groups excluding carboxylic acids is 1. The summed E-state index contributed by atoms with van der Waals surface area (Å²) in [6.45, 7) is 5.02. The molecule has 1 aromatic heterocycles. The number of aryl methyl sites for hydroxylation is 1. The number of amides is 1. The van der Waals surface area contributed by atoms with Crippen LogP contribution >= 0.6 is 0 Å². The molecule has 0 radical (unpaired) electrons. The van der Waals surface area contributed by atoms with E-state index in [4.69, 9.17) is 4.74 Å². The van der Waals surface area contributed by atoms with Crippen molar-refractivity contribution >= 4 is 5.91 Å². The van der Waals surface area contributed by atoms with Gasteiger partial charge in [0.05, 0.1) is 30.6 Å². The van der Waals surface area contributed by atoms with Crippen LogP contribution in [0.15, 0.2) is 24.4 Å². The third kappa shape index (κ3) is 3.24. The molecule has 2 atom stereocenters. The van der Waals surface area contributed by atoms with Crippen LogP contribution in [0.2, 0.25) is 0 Å². The second kappa shape index (κ2) is 7.17. The molecule has 2 fully saturated rings. The fourth-order valence-corrected chi connectivity index (χ4v) is 3.75. The molecule has 26 heavy (non-hydrogen) atoms. The van der Waals surface area contributed by atoms with Crippen LogP contribution in [0.4, 0.5) is 4.39 Å². The molecule has 138 valence electrons. The Morgan fingerprint density at radius 3 is 3.08 bits per heavy atom. The Labute approximate surface area is 151 Å². The number of morpholine rings is 1. The van der Waals surface area contributed by atoms with Gasteiger partial charge in [0.2, 0.25) is 0 Å². The number of carbonyl (C=O) groups is 1. The number of nitrogens with zero attached hydrogens (tertiary/aromatic N) is 2. The summed E-state index contributed by atoms with van der Waals surface area (Å²) in [6.07, 6.45) is 2.39. The summed E-state index contributed by atoms with van der Waals surface area (Å²) in [4.78, 5) is 14.9. The number of benzene rings is 1. The van der Waals surface area contributed by atoms with E-state index in [2.05, 4.69) is 15.5 Å². The number of rotatable bonds is 3. The van der Waals surface area contributed by atoms with Crippen LogP contribution in [0, 0.1) is 12.7 Å². The van der Waals surface area contributed by atoms with Gasteiger partial charge in [-0.25, -0.2) is 4.39 Å². The molecule has 4 rings (SSSR count). The summed E-state index contributed by atoms with van der Waals surface area (Å²) >= 11 is 0. The van der Waals surface area contributed by atoms with Crippen LogP contribution in [0.1, 0.15) is 45.6 Å². The molecule has 1 amide bonds. The largest absolute Gasteiger partial charge is 0.370 e. The van der Waals surface area contributed by atoms with Crippen molar-refractivity contribution in [2.75, 3.05) is 32.8 Å². The van der Waals surface area contributed by atoms with E-state index in [1.807, 2.05) is 4.90 Å². The zero-order valence-corrected chi connectivity index (χ0v) is 14.8. The Morgan fingerprint density at radius 1 is 1.42 bits per heavy atom. The maximum absolute atomic E-state index is 13.5. The summed E-state index contributed by atoms with van der Waals surface area (Å²) in [5.41, 5.74) is 3.05. The minimum absolute atomic E-state index is 0.0206. The first-order valence-corrected chi connectivity index (χ1v) is 9.04. The SMILES string of the molecule is Cc1cc(C2CN(C(=O)c3cn[nH]c3C3CCNC3)CCO2)ccc1F. The molecule has 0 bridgehead atoms. The van der Waals surface area contributed by atoms with Crippen LogP contribution in [0.3, 0.4) is 0 Å². The molecule has 1 aromatic carbocycles. The summed E-state index contributed by atoms with van der Waals surface area (Å²) in [5, 5.41) is 10.4. The number of nitrogens with one attached hydrogen (secondary N) is 2. The molecule has 2 unspecified atom stereocenters. The van der Waals surface area contributed by atoms with Gasteiger partial charge in [0.1, 0.15) is 11.9 Å². The molecule has 2 aromatic rings. The van der Waals surface area contributed by atoms with Crippen molar-refractivity contribution < 1.29 is 13.9 Å². The topological polar surface area (TPSA) is 70.2 Å². The van der Waals surface area contributed by atoms with Crippen LogP contribution < -0.4 is 5.32 Å². The number of hydrogen-bond donors (Lipinski definition) is 2. The van der Waals surface area contributed by atoms with E-state index in [9.17, 15) is 9.18 Å². The Balaban J connectivity index is 1.52. The van der Waals surface area contributed by atoms with Crippen molar-refractivity contribution in [3.05, 3.63) is 52.6 Å². The predicted octanol–water partition coefficient (Wildman–Crippen LogP) is 2.15. The molecule has 0 saturated carbocycles. The molecule has 2 N–H and O–H groups in total. The van der Waals surface area contributed by atoms with Crippen molar-refractivity contribution in [3.8, 4) is 0 Å². The maximum atomic E-state index is 13.5. The molecule has 7 heteroatoms. The minimum atomic E-state index is -0.240. The van der Waals surface area contributed by atoms with Gasteiger partial charge in [-0.2, -0.15) is 5.10 Å². The zero-order valence-electron chi connectivity index (χ0n) is 14.8. The Hall–Kier alpha value is -2.25. The lowest BCUT2D eigenvalue weighted by Crippen LogP contribution is -2.42. The van der Waals surface area contributed by atoms with Crippen molar-refractivity contribution in [3.63, 3.8) is 0 Å². The van der Waals surface area contributed by atoms with Crippen LogP contribution in [0.5, 0.6) is 0 Å². The number of aromatic amines is 1. The number of ether oxygens (including phenoxy) is 1. The van der Waals surface area contributed by atoms with Crippen molar-refractivity contribution in [1.82, 2.24) is 20.4 Å². The molecule has 2 aliphatic rings. The highest BCUT2D eigenvalue weighted by Gasteiger charge is 2.30. The van der Waals surface area contributed by atoms with Gasteiger partial charge in [0.15, 0.2) is 0 Å². The number of H-pyrrole nitrogens is 1. The predicted molar refractivity (Wildman–Crippen MR) is 94.5 cm³/mol. The van der Waals surface area contributed by atoms with Crippen LogP contribution in [0.25, 0.3) is 0 Å². The Bertz CT molecular complexity index is 801. The molecule has 6 nitrogen and oxygen atoms in total. The second-order valence-corrected chi connectivity index (χ2v) is 7.01. The number of hydrogen-bond acceptors (Lipinski definition) is 4. The summed E-state index contributed by atoms with van der Waals surface area (Å²) in [7, 11) is 0. The van der Waals surface area contributed by atoms with Crippen LogP contribution in [-0.4, -0.2) is 53.8 Å². The third-order valence-electron chi connectivity index (χ3n) is 5.28. The third-order valence-corrected chi connectivity index (χ3v) is 5.28. The number of aromatic nitrogens is 2. The van der Waals surface area contributed by atoms with Gasteiger partial charge in [-0.1, -0.05) is 12.1 Å². The Morgan fingerprint density at radius 2 is 2.31 bits per heavy atom. The highest BCUT2D eigenvalue weighted by atomic mass is 19.1. The fourth-order valence-electron chi connectivity index (χ4n) is 3.75. The van der Waals surface area contributed by atoms with E-state index in [1.165, 1.54) is 6.07 Å². The van der Waals surface area contributed by atoms with Gasteiger partial charge in [-0.15, -0.1) is 0 Å². The smallest absolute Gasteiger partial charge is 0.257 e. The molecule has 0 aliphatic carbocycles. The Kier molecular flexibility index (Phi) is 4.74. The van der Waals surface area contributed by atoms with Crippen molar-refractivity contribution in [2.45, 2.75) is 25.4 Å². The average Bonchev–Trinajstić information content (AvgIpc) is 3.34. The summed E-state index contributed by atoms with van der Waals surface area (Å²) in [6, 6.07) is 4.98. The van der Waals surface area contributed by atoms with E-state index in [-0.39, 0.29) is 17.8 Å². The highest BCUT2D eigenvalue weighted by Crippen LogP contribution is 2.28. The van der Waals surface area contributed by atoms with Gasteiger partial charge < -0.3 is 15.0 Å². The fraction of sp³-hybridized carbons (Fsp3) is 0.474. The first-order valence-electron chi connectivity index (χ1n) is 9.04. The molecular formula is C19H23FN4O2. The lowest BCUT2D eigenvalue weighted by Gasteiger charge is -2.33. The van der Waals surface area contributed by atoms with E-state index in [1.54, 1.807) is 25.3 Å². The van der Waals surface area contributed by atoms with Gasteiger partial charge in [-0.3, -0.25) is 9.89 Å². The summed E-state index contributed by atoms with van der Waals surface area (Å²) in [5.74, 6) is 0.0477. The minimum Gasteiger partial charge on any atom is -0.370 e. The molecule has 2 saturated heterocycles. The molecule has 3 heterocycles. The van der Waals surface area contributed by atoms with E-state index >= 15 is 0 Å². The zero-order chi connectivity index (χ0) is 18.1. The van der Waals surface area contributed by atoms with Gasteiger partial charge in [0.25, 0.3) is 5.91 Å². The maximum Gasteiger partial charge on any atom is 0.257 e. The normalized spacial score (nSPS) is 23.4. The quantitative estimate of drug-likeness (QED) is 0.882. The van der Waals surface area contributed by atoms with Crippen molar-refractivity contribution in [2.24, 2.45) is 0 Å². The first-order chi connectivity index (χ1) is 12.6. The standard InChI is InChI=1S/C19H23FN4O2/c1-12-8-13(2-3-16(12)20)17-11-24(6-7-26-17)19(25)15-10-22-23-18(15)14-4-5-21-9-14/h2-3,8,10,14,17,21H,4-7,9,11H2,1H3,(H,22,23). The van der Waals surface area contributed by atoms with Gasteiger partial charge >= 0.3 is 0 Å². The van der Waals surface area contributed by atoms with E-state index in [0.717, 1.165) is 30.8 Å². The lowest BCUT2D eigenvalue weighted by atomic mass is 10.00. The van der Waals surface area contributed by atoms with Crippen LogP contribution in [-0.2, 0) is 4.74 Å². The van der Waals surface area contributed by atoms with Crippen molar-refractivity contribution in [1.29, 1.82) is 0 Å². The average molecular weight is 358 g/mol. The van der Waals surface area contributed by atoms with Gasteiger partial charge in [-0.05, 0) is 37.1 Å². The summed E-state index contributed by atoms with van der Waals surface area (Å²) < 4.78 is 19.4.